The zero-order valence-electron chi connectivity index (χ0n) is 24.8. The minimum atomic E-state index is -2.21. The molecule has 46 heavy (non-hydrogen) atoms. The molecule has 0 spiro atoms. The number of alkyl halides is 2. The van der Waals surface area contributed by atoms with E-state index in [1.807, 2.05) is 0 Å². The molecule has 2 N–H and O–H groups in total. The molecule has 3 fully saturated rings. The second-order valence-electron chi connectivity index (χ2n) is 12.2. The summed E-state index contributed by atoms with van der Waals surface area (Å²) in [7, 11) is 1.37. The number of ether oxygens (including phenoxy) is 1. The number of aliphatic carboxylic acids is 1. The minimum Gasteiger partial charge on any atom is -0.508 e. The van der Waals surface area contributed by atoms with Crippen LogP contribution in [0, 0.1) is 23.6 Å². The molecule has 0 unspecified atom stereocenters. The standard InChI is InChI=1S/C33H31Cl2FN2O8/c1-46-23-7-5-6-22(39)26(23)27-19-13-14-20-25(29(43)37(28(20)42)15-4-2-3-8-24(40)41)21(19)16-32(34)30(44)38(31(45)33(27,32)35)18-11-9-17(36)10-12-18/h5-7,9-13,20-21,25,27,39H,2-4,8,14-16H2,1H3,(H,40,41)/t20-,21+,25-,27+,32+,33-/m0/s1. The van der Waals surface area contributed by atoms with Crippen LogP contribution in [0.25, 0.3) is 0 Å². The lowest BCUT2D eigenvalue weighted by atomic mass is 9.56. The molecule has 2 aliphatic heterocycles. The molecule has 4 amide bonds. The summed E-state index contributed by atoms with van der Waals surface area (Å²) in [5, 5.41) is 20.1. The zero-order valence-corrected chi connectivity index (χ0v) is 26.3. The largest absolute Gasteiger partial charge is 0.508 e. The van der Waals surface area contributed by atoms with Crippen molar-refractivity contribution in [2.75, 3.05) is 18.6 Å². The first kappa shape index (κ1) is 32.0. The molecule has 2 heterocycles. The molecule has 2 aliphatic carbocycles. The van der Waals surface area contributed by atoms with Gasteiger partial charge in [0.1, 0.15) is 17.3 Å². The number of nitrogens with zero attached hydrogens (tertiary/aromatic N) is 2. The number of aromatic hydroxyl groups is 1. The van der Waals surface area contributed by atoms with Crippen molar-refractivity contribution < 1.29 is 43.3 Å². The van der Waals surface area contributed by atoms with Gasteiger partial charge in [0.05, 0.1) is 24.6 Å². The Bertz CT molecular complexity index is 1680. The molecule has 2 aromatic rings. The van der Waals surface area contributed by atoms with Crippen molar-refractivity contribution in [3.63, 3.8) is 0 Å². The van der Waals surface area contributed by atoms with E-state index in [0.29, 0.717) is 24.8 Å². The van der Waals surface area contributed by atoms with Gasteiger partial charge in [0.15, 0.2) is 9.75 Å². The van der Waals surface area contributed by atoms with Gasteiger partial charge in [0.2, 0.25) is 11.8 Å². The van der Waals surface area contributed by atoms with Crippen LogP contribution in [-0.4, -0.2) is 68.1 Å². The second-order valence-corrected chi connectivity index (χ2v) is 13.4. The van der Waals surface area contributed by atoms with E-state index >= 15 is 0 Å². The molecule has 10 nitrogen and oxygen atoms in total. The van der Waals surface area contributed by atoms with Crippen molar-refractivity contribution in [1.82, 2.24) is 4.90 Å². The maximum Gasteiger partial charge on any atom is 0.303 e. The summed E-state index contributed by atoms with van der Waals surface area (Å²) >= 11 is 14.7. The lowest BCUT2D eigenvalue weighted by Gasteiger charge is -2.50. The maximum atomic E-state index is 14.4. The Hall–Kier alpha value is -3.96. The first-order chi connectivity index (χ1) is 21.9. The van der Waals surface area contributed by atoms with E-state index in [-0.39, 0.29) is 54.5 Å². The van der Waals surface area contributed by atoms with Crippen LogP contribution in [0.1, 0.15) is 50.0 Å². The molecule has 2 saturated heterocycles. The third-order valence-electron chi connectivity index (χ3n) is 9.81. The van der Waals surface area contributed by atoms with Gasteiger partial charge in [0, 0.05) is 24.4 Å². The van der Waals surface area contributed by atoms with E-state index < -0.39 is 62.9 Å². The molecule has 1 saturated carbocycles. The van der Waals surface area contributed by atoms with Gasteiger partial charge in [-0.05, 0) is 68.0 Å². The van der Waals surface area contributed by atoms with Crippen LogP contribution in [-0.2, 0) is 24.0 Å². The van der Waals surface area contributed by atoms with E-state index in [9.17, 15) is 33.5 Å². The Morgan fingerprint density at radius 3 is 2.39 bits per heavy atom. The molecule has 6 rings (SSSR count). The quantitative estimate of drug-likeness (QED) is 0.168. The number of likely N-dealkylation sites (tertiary alicyclic amines) is 1. The monoisotopic (exact) mass is 672 g/mol. The van der Waals surface area contributed by atoms with Crippen molar-refractivity contribution in [2.45, 2.75) is 54.2 Å². The number of rotatable bonds is 9. The van der Waals surface area contributed by atoms with Gasteiger partial charge in [0.25, 0.3) is 11.8 Å². The van der Waals surface area contributed by atoms with Crippen molar-refractivity contribution in [3.8, 4) is 11.5 Å². The highest BCUT2D eigenvalue weighted by molar-refractivity contribution is 6.58. The normalized spacial score (nSPS) is 30.2. The Kier molecular flexibility index (Phi) is 8.13. The number of halogens is 3. The first-order valence-corrected chi connectivity index (χ1v) is 15.8. The van der Waals surface area contributed by atoms with Crippen molar-refractivity contribution in [1.29, 1.82) is 0 Å². The number of phenolic OH excluding ortho intramolecular Hbond substituents is 1. The highest BCUT2D eigenvalue weighted by atomic mass is 35.5. The summed E-state index contributed by atoms with van der Waals surface area (Å²) in [5.41, 5.74) is 0.636. The summed E-state index contributed by atoms with van der Waals surface area (Å²) in [4.78, 5) is 64.8. The van der Waals surface area contributed by atoms with E-state index in [1.54, 1.807) is 12.1 Å². The molecular weight excluding hydrogens is 642 g/mol. The second kappa shape index (κ2) is 11.7. The molecule has 4 aliphatic rings. The smallest absolute Gasteiger partial charge is 0.303 e. The summed E-state index contributed by atoms with van der Waals surface area (Å²) in [6.45, 7) is 0.115. The zero-order chi connectivity index (χ0) is 33.1. The first-order valence-electron chi connectivity index (χ1n) is 15.0. The average Bonchev–Trinajstić information content (AvgIpc) is 3.35. The Morgan fingerprint density at radius 2 is 1.72 bits per heavy atom. The van der Waals surface area contributed by atoms with Crippen LogP contribution in [0.4, 0.5) is 10.1 Å². The third-order valence-corrected chi connectivity index (χ3v) is 11.2. The highest BCUT2D eigenvalue weighted by Gasteiger charge is 2.77. The third kappa shape index (κ3) is 4.61. The number of carbonyl (C=O) groups excluding carboxylic acids is 4. The lowest BCUT2D eigenvalue weighted by molar-refractivity contribution is -0.141. The van der Waals surface area contributed by atoms with Gasteiger partial charge in [-0.25, -0.2) is 9.29 Å². The number of anilines is 1. The predicted molar refractivity (Wildman–Crippen MR) is 164 cm³/mol. The highest BCUT2D eigenvalue weighted by Crippen LogP contribution is 2.67. The van der Waals surface area contributed by atoms with Crippen molar-refractivity contribution in [2.24, 2.45) is 17.8 Å². The number of fused-ring (bicyclic) bond motifs is 4. The number of imide groups is 2. The number of methoxy groups -OCH3 is 1. The van der Waals surface area contributed by atoms with Crippen LogP contribution in [0.2, 0.25) is 0 Å². The van der Waals surface area contributed by atoms with Crippen LogP contribution in [0.3, 0.4) is 0 Å². The predicted octanol–water partition coefficient (Wildman–Crippen LogP) is 4.75. The van der Waals surface area contributed by atoms with E-state index in [2.05, 4.69) is 0 Å². The Morgan fingerprint density at radius 1 is 1.00 bits per heavy atom. The number of amides is 4. The van der Waals surface area contributed by atoms with E-state index in [4.69, 9.17) is 33.0 Å². The number of phenols is 1. The van der Waals surface area contributed by atoms with Crippen LogP contribution < -0.4 is 9.64 Å². The molecule has 0 aromatic heterocycles. The summed E-state index contributed by atoms with van der Waals surface area (Å²) in [5.74, 6) is -7.88. The van der Waals surface area contributed by atoms with Gasteiger partial charge in [-0.2, -0.15) is 0 Å². The summed E-state index contributed by atoms with van der Waals surface area (Å²) in [6.07, 6.45) is 2.97. The van der Waals surface area contributed by atoms with Gasteiger partial charge < -0.3 is 14.9 Å². The lowest BCUT2D eigenvalue weighted by Crippen LogP contribution is -2.60. The molecule has 2 aromatic carbocycles. The van der Waals surface area contributed by atoms with Gasteiger partial charge in [-0.3, -0.25) is 28.9 Å². The van der Waals surface area contributed by atoms with Crippen LogP contribution >= 0.6 is 23.2 Å². The fourth-order valence-corrected chi connectivity index (χ4v) is 8.64. The molecule has 0 radical (unpaired) electrons. The number of benzene rings is 2. The summed E-state index contributed by atoms with van der Waals surface area (Å²) in [6, 6.07) is 9.20. The van der Waals surface area contributed by atoms with E-state index in [1.165, 1.54) is 36.3 Å². The number of carboxylic acids is 1. The fourth-order valence-electron chi connectivity index (χ4n) is 7.73. The number of carboxylic acid groups (broad SMARTS) is 1. The maximum absolute atomic E-state index is 14.4. The number of unbranched alkanes of at least 4 members (excludes halogenated alkanes) is 2. The molecule has 0 bridgehead atoms. The SMILES string of the molecule is COc1cccc(O)c1[C@H]1C2=CC[C@@H]3C(=O)N(CCCCCC(=O)O)C(=O)[C@@H]3[C@@H]2C[C@@]2(Cl)C(=O)N(c3ccc(F)cc3)C(=O)[C@@]12Cl. The average molecular weight is 674 g/mol. The van der Waals surface area contributed by atoms with Crippen molar-refractivity contribution in [3.05, 3.63) is 65.5 Å². The topological polar surface area (TPSA) is 142 Å². The van der Waals surface area contributed by atoms with E-state index in [0.717, 1.165) is 17.0 Å². The minimum absolute atomic E-state index is 0.0145. The number of hydrogen-bond acceptors (Lipinski definition) is 7. The van der Waals surface area contributed by atoms with Crippen LogP contribution in [0.5, 0.6) is 11.5 Å². The Labute approximate surface area is 273 Å². The number of carbonyl (C=O) groups is 5. The van der Waals surface area contributed by atoms with Crippen molar-refractivity contribution >= 4 is 58.5 Å². The van der Waals surface area contributed by atoms with Gasteiger partial charge >= 0.3 is 5.97 Å². The van der Waals surface area contributed by atoms with Gasteiger partial charge in [-0.1, -0.05) is 24.1 Å². The van der Waals surface area contributed by atoms with Crippen LogP contribution in [0.15, 0.2) is 54.1 Å². The molecular formula is C33H31Cl2FN2O8. The number of hydrogen-bond donors (Lipinski definition) is 2. The molecule has 242 valence electrons. The van der Waals surface area contributed by atoms with Gasteiger partial charge in [-0.15, -0.1) is 23.2 Å². The Balaban J connectivity index is 1.45. The fraction of sp³-hybridized carbons (Fsp3) is 0.424. The molecule has 13 heteroatoms. The molecule has 6 atom stereocenters. The summed E-state index contributed by atoms with van der Waals surface area (Å²) < 4.78 is 19.4. The number of allylic oxidation sites excluding steroid dienone is 2.